The molecule has 2 aliphatic heterocycles. The van der Waals surface area contributed by atoms with Crippen LogP contribution in [0.25, 0.3) is 0 Å². The Bertz CT molecular complexity index is 1150. The van der Waals surface area contributed by atoms with Crippen LogP contribution in [0.15, 0.2) is 29.2 Å². The molecule has 0 saturated carbocycles. The summed E-state index contributed by atoms with van der Waals surface area (Å²) in [5, 5.41) is 12.5. The molecule has 1 N–H and O–H groups in total. The number of carbonyl (C=O) groups is 2. The predicted octanol–water partition coefficient (Wildman–Crippen LogP) is 3.13. The number of aromatic nitrogens is 1. The van der Waals surface area contributed by atoms with E-state index in [0.29, 0.717) is 13.1 Å². The maximum Gasteiger partial charge on any atom is 0.278 e. The van der Waals surface area contributed by atoms with Crippen LogP contribution in [-0.4, -0.2) is 45.6 Å². The molecule has 0 unspecified atom stereocenters. The van der Waals surface area contributed by atoms with Crippen molar-refractivity contribution in [1.29, 1.82) is 0 Å². The van der Waals surface area contributed by atoms with Crippen molar-refractivity contribution in [2.24, 2.45) is 0 Å². The largest absolute Gasteiger partial charge is 0.502 e. The van der Waals surface area contributed by atoms with Gasteiger partial charge in [-0.25, -0.2) is 8.78 Å². The van der Waals surface area contributed by atoms with Crippen molar-refractivity contribution in [3.05, 3.63) is 63.1 Å². The molecule has 2 atom stereocenters. The van der Waals surface area contributed by atoms with Crippen molar-refractivity contribution < 1.29 is 23.5 Å². The van der Waals surface area contributed by atoms with E-state index in [0.717, 1.165) is 31.4 Å². The summed E-state index contributed by atoms with van der Waals surface area (Å²) in [5.41, 5.74) is -1.17. The van der Waals surface area contributed by atoms with Gasteiger partial charge < -0.3 is 10.0 Å². The van der Waals surface area contributed by atoms with E-state index in [9.17, 15) is 28.3 Å². The number of nitrogens with zero attached hydrogens (tertiary/aromatic N) is 3. The van der Waals surface area contributed by atoms with Gasteiger partial charge in [-0.15, -0.1) is 0 Å². The van der Waals surface area contributed by atoms with Crippen LogP contribution in [-0.2, 0) is 0 Å². The summed E-state index contributed by atoms with van der Waals surface area (Å²) >= 11 is 0. The topological polar surface area (TPSA) is 82.9 Å². The zero-order valence-electron chi connectivity index (χ0n) is 18.0. The smallest absolute Gasteiger partial charge is 0.278 e. The van der Waals surface area contributed by atoms with Crippen molar-refractivity contribution in [3.8, 4) is 5.75 Å². The number of fused-ring (bicyclic) bond motifs is 3. The van der Waals surface area contributed by atoms with Gasteiger partial charge in [-0.2, -0.15) is 0 Å². The van der Waals surface area contributed by atoms with Gasteiger partial charge in [-0.1, -0.05) is 13.0 Å². The maximum absolute atomic E-state index is 14.1. The van der Waals surface area contributed by atoms with Crippen molar-refractivity contribution in [3.63, 3.8) is 0 Å². The highest BCUT2D eigenvalue weighted by molar-refractivity contribution is 6.00. The Balaban J connectivity index is 1.72. The summed E-state index contributed by atoms with van der Waals surface area (Å²) in [6.07, 6.45) is 3.45. The normalized spacial score (nSPS) is 18.9. The van der Waals surface area contributed by atoms with Gasteiger partial charge in [0.1, 0.15) is 17.8 Å². The second kappa shape index (κ2) is 8.37. The third kappa shape index (κ3) is 3.55. The molecule has 4 rings (SSSR count). The van der Waals surface area contributed by atoms with E-state index in [-0.39, 0.29) is 29.4 Å². The van der Waals surface area contributed by atoms with Gasteiger partial charge in [0.2, 0.25) is 5.43 Å². The highest BCUT2D eigenvalue weighted by Gasteiger charge is 2.40. The molecule has 9 heteroatoms. The number of carbonyl (C=O) groups excluding carboxylic acids is 2. The molecule has 1 aromatic heterocycles. The minimum Gasteiger partial charge on any atom is -0.502 e. The van der Waals surface area contributed by atoms with Crippen LogP contribution in [0.4, 0.5) is 8.78 Å². The Morgan fingerprint density at radius 3 is 2.69 bits per heavy atom. The zero-order valence-corrected chi connectivity index (χ0v) is 18.0. The van der Waals surface area contributed by atoms with Crippen LogP contribution in [0.2, 0.25) is 0 Å². The number of halogens is 2. The van der Waals surface area contributed by atoms with Gasteiger partial charge in [0, 0.05) is 31.8 Å². The van der Waals surface area contributed by atoms with E-state index in [4.69, 9.17) is 0 Å². The first-order chi connectivity index (χ1) is 15.2. The molecule has 1 aromatic carbocycles. The zero-order chi connectivity index (χ0) is 23.2. The second-order valence-electron chi connectivity index (χ2n) is 8.34. The third-order valence-electron chi connectivity index (χ3n) is 6.33. The van der Waals surface area contributed by atoms with Gasteiger partial charge in [0.25, 0.3) is 5.91 Å². The molecule has 0 spiro atoms. The fraction of sp³-hybridized carbons (Fsp3) is 0.435. The van der Waals surface area contributed by atoms with Crippen molar-refractivity contribution in [1.82, 2.24) is 9.58 Å². The first-order valence-electron chi connectivity index (χ1n) is 10.8. The molecule has 3 heterocycles. The molecule has 1 saturated heterocycles. The first-order valence-corrected chi connectivity index (χ1v) is 10.8. The number of ketones is 1. The highest BCUT2D eigenvalue weighted by Crippen LogP contribution is 2.30. The molecule has 0 radical (unpaired) electrons. The van der Waals surface area contributed by atoms with E-state index >= 15 is 0 Å². The fourth-order valence-electron chi connectivity index (χ4n) is 4.68. The number of amides is 1. The number of piperidine rings is 1. The number of benzene rings is 1. The Morgan fingerprint density at radius 1 is 1.25 bits per heavy atom. The molecule has 32 heavy (non-hydrogen) atoms. The number of Topliss-reactive ketones (excluding diaryl/α,β-unsaturated/α-hetero) is 1. The van der Waals surface area contributed by atoms with E-state index < -0.39 is 40.4 Å². The van der Waals surface area contributed by atoms with Gasteiger partial charge in [0.05, 0.1) is 5.56 Å². The highest BCUT2D eigenvalue weighted by atomic mass is 19.1. The lowest BCUT2D eigenvalue weighted by molar-refractivity contribution is 0.0534. The Hall–Kier alpha value is -3.23. The maximum atomic E-state index is 14.1. The van der Waals surface area contributed by atoms with Crippen molar-refractivity contribution in [2.45, 2.75) is 51.6 Å². The minimum atomic E-state index is -0.923. The number of rotatable bonds is 5. The Labute approximate surface area is 183 Å². The van der Waals surface area contributed by atoms with Crippen LogP contribution in [0.3, 0.4) is 0 Å². The molecular weight excluding hydrogens is 420 g/mol. The number of aromatic hydroxyl groups is 1. The van der Waals surface area contributed by atoms with Crippen molar-refractivity contribution in [2.75, 3.05) is 18.1 Å². The average Bonchev–Trinajstić information content (AvgIpc) is 2.75. The van der Waals surface area contributed by atoms with Gasteiger partial charge in [0.15, 0.2) is 17.2 Å². The summed E-state index contributed by atoms with van der Waals surface area (Å²) < 4.78 is 28.8. The van der Waals surface area contributed by atoms with E-state index in [1.807, 2.05) is 11.9 Å². The quantitative estimate of drug-likeness (QED) is 0.715. The molecular formula is C23H25F2N3O4. The van der Waals surface area contributed by atoms with Crippen molar-refractivity contribution >= 4 is 11.7 Å². The third-order valence-corrected chi connectivity index (χ3v) is 6.33. The fourth-order valence-corrected chi connectivity index (χ4v) is 4.68. The lowest BCUT2D eigenvalue weighted by atomic mass is 9.93. The monoisotopic (exact) mass is 445 g/mol. The Morgan fingerprint density at radius 2 is 2.00 bits per heavy atom. The SMILES string of the molecule is CCN1C(=O)c2c(O)c(=O)c(C(=O)C[C@@H](C)c3ccc(F)cc3F)cn2N2CCCC[C@@H]12. The number of hydrogen-bond donors (Lipinski definition) is 1. The van der Waals surface area contributed by atoms with Gasteiger partial charge in [-0.3, -0.25) is 24.1 Å². The summed E-state index contributed by atoms with van der Waals surface area (Å²) in [7, 11) is 0. The lowest BCUT2D eigenvalue weighted by Crippen LogP contribution is -2.63. The Kier molecular flexibility index (Phi) is 5.75. The lowest BCUT2D eigenvalue weighted by Gasteiger charge is -2.48. The number of pyridine rings is 1. The van der Waals surface area contributed by atoms with E-state index in [1.165, 1.54) is 16.9 Å². The average molecular weight is 445 g/mol. The van der Waals surface area contributed by atoms with Gasteiger partial charge in [-0.05, 0) is 43.7 Å². The molecule has 7 nitrogen and oxygen atoms in total. The van der Waals surface area contributed by atoms with Crippen LogP contribution >= 0.6 is 0 Å². The molecule has 1 amide bonds. The molecule has 1 fully saturated rings. The summed E-state index contributed by atoms with van der Waals surface area (Å²) in [4.78, 5) is 40.4. The molecule has 2 aliphatic rings. The molecule has 0 bridgehead atoms. The van der Waals surface area contributed by atoms with Crippen LogP contribution in [0.5, 0.6) is 5.75 Å². The summed E-state index contributed by atoms with van der Waals surface area (Å²) in [6.45, 7) is 4.47. The van der Waals surface area contributed by atoms with Gasteiger partial charge >= 0.3 is 0 Å². The summed E-state index contributed by atoms with van der Waals surface area (Å²) in [6, 6.07) is 3.13. The molecule has 170 valence electrons. The van der Waals surface area contributed by atoms with Crippen LogP contribution in [0.1, 0.15) is 71.9 Å². The number of hydrogen-bond acceptors (Lipinski definition) is 5. The van der Waals surface area contributed by atoms with E-state index in [2.05, 4.69) is 0 Å². The molecule has 2 aromatic rings. The summed E-state index contributed by atoms with van der Waals surface area (Å²) in [5.74, 6) is -3.91. The standard InChI is InChI=1S/C23H25F2N3O4/c1-3-26-19-6-4-5-9-27(19)28-12-16(21(30)22(31)20(28)23(26)32)18(29)10-13(2)15-8-7-14(24)11-17(15)25/h7-8,11-13,19,31H,3-6,9-10H2,1-2H3/t13-,19+/m1/s1. The minimum absolute atomic E-state index is 0.149. The first kappa shape index (κ1) is 22.0. The second-order valence-corrected chi connectivity index (χ2v) is 8.34. The molecule has 0 aliphatic carbocycles. The van der Waals surface area contributed by atoms with Crippen LogP contribution < -0.4 is 10.4 Å². The van der Waals surface area contributed by atoms with Crippen LogP contribution in [0, 0.1) is 11.6 Å². The predicted molar refractivity (Wildman–Crippen MR) is 114 cm³/mol. The van der Waals surface area contributed by atoms with E-state index in [1.54, 1.807) is 11.8 Å².